The van der Waals surface area contributed by atoms with Gasteiger partial charge < -0.3 is 0 Å². The van der Waals surface area contributed by atoms with Gasteiger partial charge in [-0.15, -0.1) is 0 Å². The van der Waals surface area contributed by atoms with Gasteiger partial charge in [0.15, 0.2) is 0 Å². The van der Waals surface area contributed by atoms with Gasteiger partial charge in [-0.1, -0.05) is 0 Å². The van der Waals surface area contributed by atoms with E-state index in [0.29, 0.717) is 11.8 Å². The van der Waals surface area contributed by atoms with E-state index in [1.165, 1.54) is 89.0 Å². The van der Waals surface area contributed by atoms with Crippen LogP contribution in [0.1, 0.15) is 103 Å². The van der Waals surface area contributed by atoms with Crippen molar-refractivity contribution in [2.45, 2.75) is 129 Å². The van der Waals surface area contributed by atoms with E-state index in [1.807, 2.05) is 0 Å². The van der Waals surface area contributed by atoms with Gasteiger partial charge in [0.2, 0.25) is 0 Å². The molecule has 0 heterocycles. The number of nitrogens with zero attached hydrogens (tertiary/aromatic N) is 1. The van der Waals surface area contributed by atoms with E-state index < -0.39 is 32.6 Å². The van der Waals surface area contributed by atoms with Gasteiger partial charge in [0.05, 0.1) is 0 Å². The molecule has 0 N–H and O–H groups in total. The minimum atomic E-state index is -5.38. The van der Waals surface area contributed by atoms with Gasteiger partial charge in [0.25, 0.3) is 0 Å². The molecule has 0 aliphatic heterocycles. The molecule has 4 aromatic carbocycles. The Morgan fingerprint density at radius 2 is 0.947 bits per heavy atom. The molecule has 2 aliphatic rings. The number of benzene rings is 4. The summed E-state index contributed by atoms with van der Waals surface area (Å²) in [7, 11) is 14.8. The summed E-state index contributed by atoms with van der Waals surface area (Å²) in [6.07, 6.45) is 7.10. The van der Waals surface area contributed by atoms with Gasteiger partial charge in [0.1, 0.15) is 0 Å². The van der Waals surface area contributed by atoms with E-state index in [-0.39, 0.29) is 7.25 Å². The fourth-order valence-corrected chi connectivity index (χ4v) is 53.0. The number of fused-ring (bicyclic) bond motifs is 2. The van der Waals surface area contributed by atoms with Crippen LogP contribution in [0.2, 0.25) is 39.3 Å². The van der Waals surface area contributed by atoms with Gasteiger partial charge in [0, 0.05) is 0 Å². The van der Waals surface area contributed by atoms with Gasteiger partial charge in [-0.3, -0.25) is 0 Å². The maximum absolute atomic E-state index is 9.28. The molecule has 0 radical (unpaired) electrons. The summed E-state index contributed by atoms with van der Waals surface area (Å²) in [4.78, 5) is 0.814. The third-order valence-electron chi connectivity index (χ3n) is 13.1. The van der Waals surface area contributed by atoms with Crippen LogP contribution >= 0.6 is 17.0 Å². The summed E-state index contributed by atoms with van der Waals surface area (Å²) in [6, 6.07) is 23.5. The van der Waals surface area contributed by atoms with Crippen LogP contribution in [0.3, 0.4) is 0 Å². The first-order valence-corrected chi connectivity index (χ1v) is 39.3. The SMILES string of the molecule is Cc1cc(C)c(C)c(-c2cccc3c2C=C(CC(C)C)[CH]3[Zr]([Cl])([Cl])([BH]N([Si](C)(C)C)[Si](C)(C)C)[CH]2C(CC(C)C)=Cc3c(-c4cc(C)cc(C)c4C)cccc32)c1. The monoisotopic (exact) mass is 910 g/mol. The Kier molecular flexibility index (Phi) is 12.5. The standard InChI is InChI=1S/2C22H25.C6H19BNSi2.2ClH.Zr/c2*1-14(2)9-18-12-19-7-6-8-20(22(19)13-18)21-11-15(3)10-16(4)17(21)5;1-9(2,3)8(7)10(4,5)6;;;/h2*6-8,10-14H,9H2,1-5H3;7H,1-6H3;2*1H;/q;;+1;;;+1/p-2. The van der Waals surface area contributed by atoms with Gasteiger partial charge in [-0.2, -0.15) is 0 Å². The summed E-state index contributed by atoms with van der Waals surface area (Å²) in [5, 5.41) is 0. The molecule has 0 saturated heterocycles. The number of allylic oxidation sites excluding steroid dienone is 2. The van der Waals surface area contributed by atoms with Crippen LogP contribution in [0.25, 0.3) is 34.4 Å². The molecule has 0 aromatic heterocycles. The fraction of sp³-hybridized carbons (Fsp3) is 0.440. The van der Waals surface area contributed by atoms with Crippen LogP contribution in [0, 0.1) is 53.4 Å². The van der Waals surface area contributed by atoms with Crippen molar-refractivity contribution in [2.75, 3.05) is 0 Å². The Balaban J connectivity index is 1.73. The molecule has 2 atom stereocenters. The zero-order valence-corrected chi connectivity index (χ0v) is 44.0. The van der Waals surface area contributed by atoms with Crippen molar-refractivity contribution < 1.29 is 16.2 Å². The molecule has 0 amide bonds. The van der Waals surface area contributed by atoms with Crippen LogP contribution < -0.4 is 0 Å². The summed E-state index contributed by atoms with van der Waals surface area (Å²) >= 11 is -5.38. The normalized spacial score (nSPS) is 17.8. The molecular formula is C50H69BCl2NSi2Zr. The Morgan fingerprint density at radius 3 is 1.28 bits per heavy atom. The third-order valence-corrected chi connectivity index (χ3v) is 40.2. The number of hydrogen-bond acceptors (Lipinski definition) is 1. The van der Waals surface area contributed by atoms with E-state index in [4.69, 9.17) is 0 Å². The molecule has 2 unspecified atom stereocenters. The van der Waals surface area contributed by atoms with E-state index in [0.717, 1.165) is 17.8 Å². The predicted octanol–water partition coefficient (Wildman–Crippen LogP) is 15.8. The van der Waals surface area contributed by atoms with Crippen LogP contribution in [-0.4, -0.2) is 25.6 Å². The molecule has 6 rings (SSSR count). The third kappa shape index (κ3) is 8.48. The van der Waals surface area contributed by atoms with E-state index in [2.05, 4.69) is 185 Å². The van der Waals surface area contributed by atoms with Crippen molar-refractivity contribution in [3.63, 3.8) is 0 Å². The fourth-order valence-electron chi connectivity index (χ4n) is 10.9. The molecule has 57 heavy (non-hydrogen) atoms. The number of rotatable bonds is 12. The molecule has 1 nitrogen and oxygen atoms in total. The zero-order chi connectivity index (χ0) is 42.2. The molecule has 7 heteroatoms. The predicted molar refractivity (Wildman–Crippen MR) is 260 cm³/mol. The Morgan fingerprint density at radius 1 is 0.579 bits per heavy atom. The van der Waals surface area contributed by atoms with Gasteiger partial charge >= 0.3 is 361 Å². The van der Waals surface area contributed by atoms with Crippen molar-refractivity contribution in [1.29, 1.82) is 0 Å². The second kappa shape index (κ2) is 16.0. The van der Waals surface area contributed by atoms with E-state index in [9.17, 15) is 17.0 Å². The summed E-state index contributed by atoms with van der Waals surface area (Å²) in [6.45, 7) is 38.2. The molecule has 0 bridgehead atoms. The van der Waals surface area contributed by atoms with Crippen molar-refractivity contribution in [3.8, 4) is 22.3 Å². The van der Waals surface area contributed by atoms with E-state index in [1.54, 1.807) is 0 Å². The maximum atomic E-state index is 9.28. The van der Waals surface area contributed by atoms with Crippen molar-refractivity contribution in [1.82, 2.24) is 4.14 Å². The van der Waals surface area contributed by atoms with Crippen molar-refractivity contribution >= 4 is 50.6 Å². The molecule has 4 aromatic rings. The quantitative estimate of drug-likeness (QED) is 0.128. The summed E-state index contributed by atoms with van der Waals surface area (Å²) in [5.41, 5.74) is 21.6. The average Bonchev–Trinajstić information content (AvgIpc) is 3.64. The number of halogens is 2. The Bertz CT molecular complexity index is 2140. The van der Waals surface area contributed by atoms with Crippen LogP contribution in [0.15, 0.2) is 71.8 Å². The first-order valence-electron chi connectivity index (χ1n) is 21.5. The second-order valence-electron chi connectivity index (χ2n) is 20.9. The Hall–Kier alpha value is -1.72. The molecule has 0 spiro atoms. The second-order valence-corrected chi connectivity index (χ2v) is 53.1. The summed E-state index contributed by atoms with van der Waals surface area (Å²) < 4.78 is 2.94. The summed E-state index contributed by atoms with van der Waals surface area (Å²) in [5.74, 6) is 0.940. The number of hydrogen-bond donors (Lipinski definition) is 0. The van der Waals surface area contributed by atoms with Crippen LogP contribution in [0.5, 0.6) is 0 Å². The van der Waals surface area contributed by atoms with Gasteiger partial charge in [-0.05, 0) is 0 Å². The average molecular weight is 913 g/mol. The first kappa shape index (κ1) is 44.8. The van der Waals surface area contributed by atoms with Crippen LogP contribution in [0.4, 0.5) is 0 Å². The molecular weight excluding hydrogens is 844 g/mol. The topological polar surface area (TPSA) is 3.24 Å². The van der Waals surface area contributed by atoms with Gasteiger partial charge in [-0.25, -0.2) is 0 Å². The molecule has 0 fully saturated rings. The van der Waals surface area contributed by atoms with Crippen molar-refractivity contribution in [3.05, 3.63) is 127 Å². The zero-order valence-electron chi connectivity index (χ0n) is 38.1. The minimum absolute atomic E-state index is 0.00773. The Labute approximate surface area is 358 Å². The number of aryl methyl sites for hydroxylation is 4. The van der Waals surface area contributed by atoms with Crippen molar-refractivity contribution in [2.24, 2.45) is 11.8 Å². The molecule has 303 valence electrons. The van der Waals surface area contributed by atoms with E-state index >= 15 is 0 Å². The van der Waals surface area contributed by atoms with Crippen LogP contribution in [-0.2, 0) is 16.2 Å². The first-order chi connectivity index (χ1) is 26.3. The molecule has 2 aliphatic carbocycles. The molecule has 0 saturated carbocycles.